The Morgan fingerprint density at radius 3 is 1.53 bits per heavy atom. The second-order valence-electron chi connectivity index (χ2n) is 4.78. The van der Waals surface area contributed by atoms with E-state index in [1.165, 1.54) is 24.3 Å². The van der Waals surface area contributed by atoms with Crippen molar-refractivity contribution in [2.75, 3.05) is 5.88 Å². The lowest BCUT2D eigenvalue weighted by Gasteiger charge is -2.30. The largest absolute Gasteiger partial charge is 0.207 e. The molecule has 0 aromatic heterocycles. The summed E-state index contributed by atoms with van der Waals surface area (Å²) < 4.78 is 26.1. The van der Waals surface area contributed by atoms with Gasteiger partial charge in [0.15, 0.2) is 0 Å². The molecule has 0 aliphatic rings. The van der Waals surface area contributed by atoms with Crippen LogP contribution < -0.4 is 0 Å². The molecule has 0 saturated heterocycles. The maximum Gasteiger partial charge on any atom is 0.123 e. The molecule has 0 spiro atoms. The van der Waals surface area contributed by atoms with E-state index in [1.54, 1.807) is 24.3 Å². The quantitative estimate of drug-likeness (QED) is 0.699. The molecule has 100 valence electrons. The Morgan fingerprint density at radius 1 is 0.842 bits per heavy atom. The van der Waals surface area contributed by atoms with Gasteiger partial charge >= 0.3 is 0 Å². The van der Waals surface area contributed by atoms with Gasteiger partial charge in [-0.25, -0.2) is 8.78 Å². The molecule has 2 aromatic rings. The highest BCUT2D eigenvalue weighted by molar-refractivity contribution is 6.17. The van der Waals surface area contributed by atoms with E-state index in [9.17, 15) is 8.78 Å². The van der Waals surface area contributed by atoms with Crippen LogP contribution in [0, 0.1) is 11.6 Å². The van der Waals surface area contributed by atoms with Crippen molar-refractivity contribution in [1.82, 2.24) is 0 Å². The van der Waals surface area contributed by atoms with E-state index in [0.29, 0.717) is 12.3 Å². The van der Waals surface area contributed by atoms with E-state index in [0.717, 1.165) is 11.1 Å². The Labute approximate surface area is 117 Å². The molecule has 3 heteroatoms. The number of alkyl halides is 1. The monoisotopic (exact) mass is 280 g/mol. The van der Waals surface area contributed by atoms with Gasteiger partial charge in [-0.05, 0) is 41.8 Å². The fourth-order valence-electron chi connectivity index (χ4n) is 2.28. The van der Waals surface area contributed by atoms with Crippen LogP contribution in [0.4, 0.5) is 8.78 Å². The van der Waals surface area contributed by atoms with Crippen LogP contribution in [-0.2, 0) is 5.41 Å². The minimum atomic E-state index is -0.344. The summed E-state index contributed by atoms with van der Waals surface area (Å²) in [6, 6.07) is 12.8. The summed E-state index contributed by atoms with van der Waals surface area (Å²) in [7, 11) is 0. The van der Waals surface area contributed by atoms with Crippen molar-refractivity contribution in [2.24, 2.45) is 0 Å². The zero-order chi connectivity index (χ0) is 13.9. The molecule has 0 unspecified atom stereocenters. The molecule has 0 radical (unpaired) electrons. The summed E-state index contributed by atoms with van der Waals surface area (Å²) in [4.78, 5) is 0. The van der Waals surface area contributed by atoms with Crippen LogP contribution in [0.2, 0.25) is 0 Å². The summed E-state index contributed by atoms with van der Waals surface area (Å²) in [5.41, 5.74) is 1.60. The first-order chi connectivity index (χ1) is 9.06. The minimum absolute atomic E-state index is 0.268. The van der Waals surface area contributed by atoms with Crippen molar-refractivity contribution in [3.8, 4) is 0 Å². The molecule has 0 amide bonds. The van der Waals surface area contributed by atoms with Gasteiger partial charge in [0.05, 0.1) is 0 Å². The van der Waals surface area contributed by atoms with Gasteiger partial charge in [0.25, 0.3) is 0 Å². The van der Waals surface area contributed by atoms with Crippen molar-refractivity contribution < 1.29 is 8.78 Å². The molecule has 0 aliphatic heterocycles. The van der Waals surface area contributed by atoms with Crippen LogP contribution in [0.5, 0.6) is 0 Å². The van der Waals surface area contributed by atoms with Gasteiger partial charge in [-0.2, -0.15) is 0 Å². The topological polar surface area (TPSA) is 0 Å². The van der Waals surface area contributed by atoms with Gasteiger partial charge < -0.3 is 0 Å². The first-order valence-corrected chi connectivity index (χ1v) is 6.68. The van der Waals surface area contributed by atoms with Gasteiger partial charge in [-0.1, -0.05) is 31.2 Å². The van der Waals surface area contributed by atoms with Crippen LogP contribution >= 0.6 is 11.6 Å². The summed E-state index contributed by atoms with van der Waals surface area (Å²) in [5, 5.41) is 0. The first kappa shape index (κ1) is 14.0. The predicted molar refractivity (Wildman–Crippen MR) is 74.6 cm³/mol. The lowest BCUT2D eigenvalue weighted by atomic mass is 9.74. The SMILES string of the molecule is CC(CCCl)(c1ccc(F)cc1)c1ccc(F)cc1. The number of hydrogen-bond donors (Lipinski definition) is 0. The molecule has 0 aliphatic carbocycles. The smallest absolute Gasteiger partial charge is 0.123 e. The Hall–Kier alpha value is -1.41. The lowest BCUT2D eigenvalue weighted by Crippen LogP contribution is -2.24. The summed E-state index contributed by atoms with van der Waals surface area (Å²) in [5.74, 6) is -0.0576. The van der Waals surface area contributed by atoms with Crippen molar-refractivity contribution in [1.29, 1.82) is 0 Å². The second-order valence-corrected chi connectivity index (χ2v) is 5.16. The first-order valence-electron chi connectivity index (χ1n) is 6.14. The maximum absolute atomic E-state index is 13.0. The highest BCUT2D eigenvalue weighted by Gasteiger charge is 2.28. The maximum atomic E-state index is 13.0. The van der Waals surface area contributed by atoms with E-state index < -0.39 is 0 Å². The van der Waals surface area contributed by atoms with Crippen LogP contribution in [0.1, 0.15) is 24.5 Å². The molecule has 0 nitrogen and oxygen atoms in total. The zero-order valence-electron chi connectivity index (χ0n) is 10.7. The van der Waals surface area contributed by atoms with Gasteiger partial charge in [0.2, 0.25) is 0 Å². The Kier molecular flexibility index (Phi) is 4.20. The Morgan fingerprint density at radius 2 is 1.21 bits per heavy atom. The molecular weight excluding hydrogens is 266 g/mol. The number of halogens is 3. The molecule has 0 fully saturated rings. The molecule has 0 heterocycles. The summed E-state index contributed by atoms with van der Waals surface area (Å²) in [6.45, 7) is 2.04. The van der Waals surface area contributed by atoms with Crippen LogP contribution in [0.15, 0.2) is 48.5 Å². The van der Waals surface area contributed by atoms with Crippen LogP contribution in [0.25, 0.3) is 0 Å². The molecule has 19 heavy (non-hydrogen) atoms. The fourth-order valence-corrected chi connectivity index (χ4v) is 2.66. The standard InChI is InChI=1S/C16H15ClF2/c1-16(10-11-17,12-2-6-14(18)7-3-12)13-4-8-15(19)9-5-13/h2-9H,10-11H2,1H3. The Bertz CT molecular complexity index is 486. The third-order valence-corrected chi connectivity index (χ3v) is 3.75. The van der Waals surface area contributed by atoms with E-state index in [4.69, 9.17) is 11.6 Å². The molecule has 2 rings (SSSR count). The minimum Gasteiger partial charge on any atom is -0.207 e. The molecule has 0 saturated carbocycles. The van der Waals surface area contributed by atoms with Crippen molar-refractivity contribution in [2.45, 2.75) is 18.8 Å². The number of hydrogen-bond acceptors (Lipinski definition) is 0. The normalized spacial score (nSPS) is 11.6. The third-order valence-electron chi connectivity index (χ3n) is 3.56. The fraction of sp³-hybridized carbons (Fsp3) is 0.250. The lowest BCUT2D eigenvalue weighted by molar-refractivity contribution is 0.546. The van der Waals surface area contributed by atoms with Gasteiger partial charge in [0, 0.05) is 11.3 Å². The zero-order valence-corrected chi connectivity index (χ0v) is 11.4. The molecular formula is C16H15ClF2. The summed E-state index contributed by atoms with van der Waals surface area (Å²) >= 11 is 5.90. The highest BCUT2D eigenvalue weighted by Crippen LogP contribution is 2.35. The van der Waals surface area contributed by atoms with E-state index in [2.05, 4.69) is 0 Å². The van der Waals surface area contributed by atoms with Crippen molar-refractivity contribution in [3.05, 3.63) is 71.3 Å². The highest BCUT2D eigenvalue weighted by atomic mass is 35.5. The van der Waals surface area contributed by atoms with Crippen LogP contribution in [0.3, 0.4) is 0 Å². The molecule has 0 atom stereocenters. The summed E-state index contributed by atoms with van der Waals surface area (Å²) in [6.07, 6.45) is 0.700. The van der Waals surface area contributed by atoms with Crippen molar-refractivity contribution >= 4 is 11.6 Å². The van der Waals surface area contributed by atoms with E-state index >= 15 is 0 Å². The number of rotatable bonds is 4. The van der Waals surface area contributed by atoms with Gasteiger partial charge in [0.1, 0.15) is 11.6 Å². The predicted octanol–water partition coefficient (Wildman–Crippen LogP) is 4.90. The van der Waals surface area contributed by atoms with E-state index in [-0.39, 0.29) is 17.0 Å². The number of benzene rings is 2. The molecule has 0 bridgehead atoms. The Balaban J connectivity index is 2.47. The second kappa shape index (κ2) is 5.70. The third kappa shape index (κ3) is 2.95. The average Bonchev–Trinajstić information content (AvgIpc) is 2.40. The van der Waals surface area contributed by atoms with E-state index in [1.807, 2.05) is 6.92 Å². The molecule has 2 aromatic carbocycles. The van der Waals surface area contributed by atoms with Gasteiger partial charge in [-0.3, -0.25) is 0 Å². The van der Waals surface area contributed by atoms with Crippen molar-refractivity contribution in [3.63, 3.8) is 0 Å². The molecule has 0 N–H and O–H groups in total. The van der Waals surface area contributed by atoms with Crippen LogP contribution in [-0.4, -0.2) is 5.88 Å². The van der Waals surface area contributed by atoms with Gasteiger partial charge in [-0.15, -0.1) is 11.6 Å². The average molecular weight is 281 g/mol.